The van der Waals surface area contributed by atoms with E-state index in [1.54, 1.807) is 12.5 Å². The molecule has 1 fully saturated rings. The number of rotatable bonds is 5. The first-order chi connectivity index (χ1) is 16.8. The van der Waals surface area contributed by atoms with Gasteiger partial charge in [-0.05, 0) is 67.8 Å². The predicted molar refractivity (Wildman–Crippen MR) is 137 cm³/mol. The second kappa shape index (κ2) is 8.88. The van der Waals surface area contributed by atoms with Gasteiger partial charge in [0.25, 0.3) is 0 Å². The fourth-order valence-corrected chi connectivity index (χ4v) is 5.19. The Morgan fingerprint density at radius 3 is 2.68 bits per heavy atom. The Morgan fingerprint density at radius 2 is 1.85 bits per heavy atom. The maximum atomic E-state index is 5.95. The zero-order chi connectivity index (χ0) is 22.9. The van der Waals surface area contributed by atoms with E-state index in [1.165, 1.54) is 36.8 Å². The molecule has 0 unspecified atom stereocenters. The highest BCUT2D eigenvalue weighted by atomic mass is 15.1. The average Bonchev–Trinajstić information content (AvgIpc) is 3.39. The quantitative estimate of drug-likeness (QED) is 0.349. The molecule has 5 aromatic rings. The van der Waals surface area contributed by atoms with Crippen molar-refractivity contribution in [1.29, 1.82) is 0 Å². The maximum Gasteiger partial charge on any atom is 0.156 e. The Bertz CT molecular complexity index is 1430. The molecule has 3 heterocycles. The first-order valence-electron chi connectivity index (χ1n) is 12.0. The van der Waals surface area contributed by atoms with Gasteiger partial charge in [-0.1, -0.05) is 36.4 Å². The van der Waals surface area contributed by atoms with E-state index in [0.29, 0.717) is 11.8 Å². The van der Waals surface area contributed by atoms with Gasteiger partial charge < -0.3 is 15.5 Å². The first-order valence-corrected chi connectivity index (χ1v) is 12.0. The molecular formula is C28H28N6. The fourth-order valence-electron chi connectivity index (χ4n) is 5.19. The lowest BCUT2D eigenvalue weighted by atomic mass is 9.77. The average molecular weight is 449 g/mol. The SMILES string of the molecule is NC[C@H]1CC[C@H](c2cc3ccc(Nc4nccn5cncc45)cc3nc2-c2ccccc2)CC1. The number of nitrogens with one attached hydrogen (secondary N) is 1. The van der Waals surface area contributed by atoms with Crippen LogP contribution >= 0.6 is 0 Å². The summed E-state index contributed by atoms with van der Waals surface area (Å²) in [6, 6.07) is 19.3. The molecule has 1 aliphatic rings. The predicted octanol–water partition coefficient (Wildman–Crippen LogP) is 5.92. The normalized spacial score (nSPS) is 18.4. The summed E-state index contributed by atoms with van der Waals surface area (Å²) < 4.78 is 1.95. The van der Waals surface area contributed by atoms with Crippen molar-refractivity contribution in [2.24, 2.45) is 11.7 Å². The van der Waals surface area contributed by atoms with Crippen LogP contribution in [0.3, 0.4) is 0 Å². The van der Waals surface area contributed by atoms with E-state index in [4.69, 9.17) is 10.7 Å². The van der Waals surface area contributed by atoms with Gasteiger partial charge in [-0.2, -0.15) is 0 Å². The van der Waals surface area contributed by atoms with E-state index in [9.17, 15) is 0 Å². The van der Waals surface area contributed by atoms with Crippen LogP contribution in [-0.2, 0) is 0 Å². The van der Waals surface area contributed by atoms with Crippen LogP contribution in [0.15, 0.2) is 79.5 Å². The number of fused-ring (bicyclic) bond motifs is 2. The number of pyridine rings is 1. The summed E-state index contributed by atoms with van der Waals surface area (Å²) in [5.41, 5.74) is 12.4. The molecule has 0 bridgehead atoms. The highest BCUT2D eigenvalue weighted by molar-refractivity contribution is 5.87. The third kappa shape index (κ3) is 3.90. The second-order valence-electron chi connectivity index (χ2n) is 9.24. The molecule has 0 radical (unpaired) electrons. The smallest absolute Gasteiger partial charge is 0.156 e. The minimum Gasteiger partial charge on any atom is -0.338 e. The lowest BCUT2D eigenvalue weighted by Crippen LogP contribution is -2.21. The molecule has 1 saturated carbocycles. The first kappa shape index (κ1) is 20.8. The molecule has 34 heavy (non-hydrogen) atoms. The summed E-state index contributed by atoms with van der Waals surface area (Å²) in [7, 11) is 0. The zero-order valence-electron chi connectivity index (χ0n) is 19.1. The minimum absolute atomic E-state index is 0.524. The summed E-state index contributed by atoms with van der Waals surface area (Å²) in [5.74, 6) is 1.96. The van der Waals surface area contributed by atoms with Gasteiger partial charge in [0, 0.05) is 29.0 Å². The molecule has 6 rings (SSSR count). The van der Waals surface area contributed by atoms with Crippen LogP contribution in [0, 0.1) is 5.92 Å². The minimum atomic E-state index is 0.524. The molecule has 3 aromatic heterocycles. The molecule has 1 aliphatic carbocycles. The zero-order valence-corrected chi connectivity index (χ0v) is 19.1. The van der Waals surface area contributed by atoms with Gasteiger partial charge >= 0.3 is 0 Å². The van der Waals surface area contributed by atoms with E-state index in [0.717, 1.165) is 40.2 Å². The third-order valence-corrected chi connectivity index (χ3v) is 7.12. The molecular weight excluding hydrogens is 420 g/mol. The number of aromatic nitrogens is 4. The van der Waals surface area contributed by atoms with Crippen LogP contribution in [0.1, 0.15) is 37.2 Å². The fraction of sp³-hybridized carbons (Fsp3) is 0.250. The maximum absolute atomic E-state index is 5.95. The lowest BCUT2D eigenvalue weighted by molar-refractivity contribution is 0.333. The number of benzene rings is 2. The Hall–Kier alpha value is -3.77. The van der Waals surface area contributed by atoms with Crippen LogP contribution in [0.4, 0.5) is 11.5 Å². The molecule has 0 saturated heterocycles. The Morgan fingerprint density at radius 1 is 1.00 bits per heavy atom. The topological polar surface area (TPSA) is 81.1 Å². The summed E-state index contributed by atoms with van der Waals surface area (Å²) in [4.78, 5) is 13.9. The second-order valence-corrected chi connectivity index (χ2v) is 9.24. The lowest BCUT2D eigenvalue weighted by Gasteiger charge is -2.29. The van der Waals surface area contributed by atoms with Crippen molar-refractivity contribution in [3.05, 3.63) is 85.1 Å². The van der Waals surface area contributed by atoms with Crippen LogP contribution in [0.25, 0.3) is 27.7 Å². The molecule has 6 nitrogen and oxygen atoms in total. The number of anilines is 2. The number of nitrogens with two attached hydrogens (primary N) is 1. The molecule has 170 valence electrons. The molecule has 0 aliphatic heterocycles. The van der Waals surface area contributed by atoms with E-state index in [2.05, 4.69) is 69.9 Å². The number of hydrogen-bond donors (Lipinski definition) is 2. The number of nitrogens with zero attached hydrogens (tertiary/aromatic N) is 4. The standard InChI is InChI=1S/C28H28N6/c29-16-19-6-8-20(9-7-19)24-14-22-10-11-23(32-28-26-17-30-18-34(26)13-12-31-28)15-25(22)33-27(24)21-4-2-1-3-5-21/h1-5,10-15,17-20H,6-9,16,29H2,(H,31,32)/t19-,20-. The van der Waals surface area contributed by atoms with Crippen LogP contribution in [-0.4, -0.2) is 25.9 Å². The van der Waals surface area contributed by atoms with Gasteiger partial charge in [0.2, 0.25) is 0 Å². The van der Waals surface area contributed by atoms with Crippen molar-refractivity contribution in [3.63, 3.8) is 0 Å². The van der Waals surface area contributed by atoms with Crippen molar-refractivity contribution in [3.8, 4) is 11.3 Å². The van der Waals surface area contributed by atoms with Crippen molar-refractivity contribution >= 4 is 27.9 Å². The number of hydrogen-bond acceptors (Lipinski definition) is 5. The van der Waals surface area contributed by atoms with Crippen molar-refractivity contribution in [2.75, 3.05) is 11.9 Å². The Kier molecular flexibility index (Phi) is 5.43. The van der Waals surface area contributed by atoms with E-state index >= 15 is 0 Å². The van der Waals surface area contributed by atoms with Gasteiger partial charge in [-0.3, -0.25) is 0 Å². The van der Waals surface area contributed by atoms with Gasteiger partial charge in [0.05, 0.1) is 23.7 Å². The van der Waals surface area contributed by atoms with Crippen LogP contribution in [0.5, 0.6) is 0 Å². The van der Waals surface area contributed by atoms with Crippen LogP contribution < -0.4 is 11.1 Å². The molecule has 0 atom stereocenters. The van der Waals surface area contributed by atoms with E-state index in [-0.39, 0.29) is 0 Å². The summed E-state index contributed by atoms with van der Waals surface area (Å²) in [6.45, 7) is 0.798. The van der Waals surface area contributed by atoms with Gasteiger partial charge in [0.1, 0.15) is 5.52 Å². The number of imidazole rings is 1. The van der Waals surface area contributed by atoms with Crippen LogP contribution in [0.2, 0.25) is 0 Å². The summed E-state index contributed by atoms with van der Waals surface area (Å²) >= 11 is 0. The Labute approximate surface area is 198 Å². The monoisotopic (exact) mass is 448 g/mol. The summed E-state index contributed by atoms with van der Waals surface area (Å²) in [6.07, 6.45) is 12.0. The molecule has 6 heteroatoms. The highest BCUT2D eigenvalue weighted by Crippen LogP contribution is 2.40. The van der Waals surface area contributed by atoms with Gasteiger partial charge in [0.15, 0.2) is 5.82 Å². The molecule has 0 spiro atoms. The highest BCUT2D eigenvalue weighted by Gasteiger charge is 2.25. The summed E-state index contributed by atoms with van der Waals surface area (Å²) in [5, 5.41) is 4.61. The largest absolute Gasteiger partial charge is 0.338 e. The van der Waals surface area contributed by atoms with E-state index in [1.807, 2.05) is 16.8 Å². The molecule has 2 aromatic carbocycles. The molecule has 3 N–H and O–H groups in total. The van der Waals surface area contributed by atoms with Gasteiger partial charge in [-0.15, -0.1) is 0 Å². The van der Waals surface area contributed by atoms with Crippen molar-refractivity contribution in [1.82, 2.24) is 19.4 Å². The van der Waals surface area contributed by atoms with Gasteiger partial charge in [-0.25, -0.2) is 15.0 Å². The molecule has 0 amide bonds. The Balaban J connectivity index is 1.40. The van der Waals surface area contributed by atoms with E-state index < -0.39 is 0 Å². The van der Waals surface area contributed by atoms with Crippen molar-refractivity contribution in [2.45, 2.75) is 31.6 Å². The third-order valence-electron chi connectivity index (χ3n) is 7.12. The van der Waals surface area contributed by atoms with Crippen molar-refractivity contribution < 1.29 is 0 Å².